The molecular weight excluding hydrogens is 220 g/mol. The van der Waals surface area contributed by atoms with Crippen LogP contribution in [0, 0.1) is 22.3 Å². The Bertz CT molecular complexity index is 435. The molecule has 0 saturated carbocycles. The van der Waals surface area contributed by atoms with Gasteiger partial charge in [0.15, 0.2) is 0 Å². The summed E-state index contributed by atoms with van der Waals surface area (Å²) in [5.74, 6) is 14.0. The summed E-state index contributed by atoms with van der Waals surface area (Å²) in [7, 11) is 0. The highest BCUT2D eigenvalue weighted by molar-refractivity contribution is 5.49. The highest BCUT2D eigenvalue weighted by atomic mass is 16.5. The van der Waals surface area contributed by atoms with Gasteiger partial charge >= 0.3 is 0 Å². The van der Waals surface area contributed by atoms with Crippen LogP contribution in [-0.2, 0) is 0 Å². The molecule has 0 aliphatic heterocycles. The van der Waals surface area contributed by atoms with Crippen molar-refractivity contribution in [3.8, 4) is 0 Å². The van der Waals surface area contributed by atoms with E-state index in [0.717, 1.165) is 0 Å². The minimum atomic E-state index is -0.322. The van der Waals surface area contributed by atoms with Gasteiger partial charge < -0.3 is 32.4 Å². The van der Waals surface area contributed by atoms with Crippen LogP contribution >= 0.6 is 0 Å². The lowest BCUT2D eigenvalue weighted by Gasteiger charge is -2.50. The van der Waals surface area contributed by atoms with E-state index in [1.54, 1.807) is 12.2 Å². The molecule has 0 spiro atoms. The lowest BCUT2D eigenvalue weighted by molar-refractivity contribution is 0.434. The van der Waals surface area contributed by atoms with Gasteiger partial charge in [0.25, 0.3) is 0 Å². The molecule has 6 nitrogen and oxygen atoms in total. The van der Waals surface area contributed by atoms with Crippen LogP contribution in [0.5, 0.6) is 0 Å². The SMILES string of the molecule is CC1C=CC=C2C(N([NH-])[O-])=CC=C(N([NH-])[O-])C21. The van der Waals surface area contributed by atoms with Crippen LogP contribution in [0.15, 0.2) is 47.3 Å². The molecule has 0 bridgehead atoms. The molecule has 0 aromatic heterocycles. The normalized spacial score (nSPS) is 26.8. The van der Waals surface area contributed by atoms with Crippen LogP contribution in [0.3, 0.4) is 0 Å². The van der Waals surface area contributed by atoms with Gasteiger partial charge in [0.2, 0.25) is 0 Å². The maximum Gasteiger partial charge on any atom is 0.0298 e. The van der Waals surface area contributed by atoms with Gasteiger partial charge in [-0.25, -0.2) is 0 Å². The fourth-order valence-corrected chi connectivity index (χ4v) is 2.25. The first-order valence-electron chi connectivity index (χ1n) is 5.20. The topological polar surface area (TPSA) is 100 Å². The van der Waals surface area contributed by atoms with Gasteiger partial charge in [-0.2, -0.15) is 0 Å². The highest BCUT2D eigenvalue weighted by Crippen LogP contribution is 2.41. The molecule has 0 heterocycles. The second-order valence-corrected chi connectivity index (χ2v) is 4.08. The number of hydrogen-bond acceptors (Lipinski definition) is 4. The third kappa shape index (κ3) is 1.98. The van der Waals surface area contributed by atoms with Crippen molar-refractivity contribution in [1.29, 1.82) is 0 Å². The van der Waals surface area contributed by atoms with Crippen LogP contribution < -0.4 is 0 Å². The van der Waals surface area contributed by atoms with Crippen molar-refractivity contribution < 1.29 is 0 Å². The van der Waals surface area contributed by atoms with Gasteiger partial charge in [-0.3, -0.25) is 0 Å². The molecule has 0 amide bonds. The lowest BCUT2D eigenvalue weighted by atomic mass is 9.77. The number of allylic oxidation sites excluding steroid dienone is 7. The van der Waals surface area contributed by atoms with Gasteiger partial charge in [0.1, 0.15) is 0 Å². The van der Waals surface area contributed by atoms with Crippen molar-refractivity contribution in [2.45, 2.75) is 6.92 Å². The number of hydrogen-bond donors (Lipinski definition) is 0. The van der Waals surface area contributed by atoms with Gasteiger partial charge in [-0.15, -0.1) is 0 Å². The molecule has 2 unspecified atom stereocenters. The van der Waals surface area contributed by atoms with Crippen molar-refractivity contribution in [2.75, 3.05) is 0 Å². The zero-order valence-electron chi connectivity index (χ0n) is 9.25. The first-order valence-corrected chi connectivity index (χ1v) is 5.20. The van der Waals surface area contributed by atoms with Gasteiger partial charge in [-0.1, -0.05) is 25.2 Å². The molecule has 0 aromatic carbocycles. The molecule has 17 heavy (non-hydrogen) atoms. The van der Waals surface area contributed by atoms with Crippen molar-refractivity contribution in [2.24, 2.45) is 11.8 Å². The Balaban J connectivity index is 2.48. The Morgan fingerprint density at radius 3 is 2.41 bits per heavy atom. The molecule has 0 aromatic rings. The molecule has 2 aliphatic rings. The van der Waals surface area contributed by atoms with E-state index in [1.807, 2.05) is 13.0 Å². The fourth-order valence-electron chi connectivity index (χ4n) is 2.25. The Morgan fingerprint density at radius 2 is 1.82 bits per heavy atom. The third-order valence-electron chi connectivity index (χ3n) is 3.03. The molecule has 2 N–H and O–H groups in total. The van der Waals surface area contributed by atoms with Gasteiger partial charge in [0.05, 0.1) is 0 Å². The number of hydroxylamine groups is 2. The Morgan fingerprint density at radius 1 is 1.12 bits per heavy atom. The number of fused-ring (bicyclic) bond motifs is 1. The molecule has 0 radical (unpaired) electrons. The maximum absolute atomic E-state index is 11.2. The average Bonchev–Trinajstić information content (AvgIpc) is 2.27. The Kier molecular flexibility index (Phi) is 3.03. The first kappa shape index (κ1) is 11.9. The van der Waals surface area contributed by atoms with Crippen LogP contribution in [0.25, 0.3) is 11.7 Å². The summed E-state index contributed by atoms with van der Waals surface area (Å²) in [6.07, 6.45) is 8.27. The van der Waals surface area contributed by atoms with Crippen molar-refractivity contribution in [3.63, 3.8) is 0 Å². The molecule has 92 valence electrons. The zero-order valence-corrected chi connectivity index (χ0v) is 9.25. The molecule has 0 fully saturated rings. The summed E-state index contributed by atoms with van der Waals surface area (Å²) in [6.45, 7) is 1.91. The Labute approximate surface area is 99.3 Å². The first-order chi connectivity index (χ1) is 8.02. The standard InChI is InChI=1S/C11H12N4O2/c1-7-3-2-4-8-9(14(12)16)5-6-10(11(7)8)15(13)17/h2-7,11-13H,1H3/q-4. The quantitative estimate of drug-likeness (QED) is 0.682. The van der Waals surface area contributed by atoms with Gasteiger partial charge in [-0.05, 0) is 29.3 Å². The number of nitrogens with zero attached hydrogens (tertiary/aromatic N) is 2. The van der Waals surface area contributed by atoms with Crippen LogP contribution in [-0.4, -0.2) is 10.3 Å². The van der Waals surface area contributed by atoms with Crippen molar-refractivity contribution in [3.05, 3.63) is 69.4 Å². The van der Waals surface area contributed by atoms with Gasteiger partial charge in [0, 0.05) is 11.6 Å². The largest absolute Gasteiger partial charge is 0.776 e. The second kappa shape index (κ2) is 4.34. The summed E-state index contributed by atoms with van der Waals surface area (Å²) < 4.78 is 0. The summed E-state index contributed by atoms with van der Waals surface area (Å²) in [4.78, 5) is 0. The van der Waals surface area contributed by atoms with E-state index in [4.69, 9.17) is 11.7 Å². The lowest BCUT2D eigenvalue weighted by Crippen LogP contribution is -2.29. The van der Waals surface area contributed by atoms with E-state index in [-0.39, 0.29) is 27.9 Å². The molecule has 2 aliphatic carbocycles. The van der Waals surface area contributed by atoms with E-state index in [2.05, 4.69) is 0 Å². The molecule has 2 atom stereocenters. The molecule has 6 heteroatoms. The minimum absolute atomic E-state index is 0.0201. The summed E-state index contributed by atoms with van der Waals surface area (Å²) in [5, 5.41) is 22.4. The van der Waals surface area contributed by atoms with Crippen LogP contribution in [0.2, 0.25) is 0 Å². The highest BCUT2D eigenvalue weighted by Gasteiger charge is 2.28. The minimum Gasteiger partial charge on any atom is -0.776 e. The van der Waals surface area contributed by atoms with E-state index in [9.17, 15) is 10.4 Å². The third-order valence-corrected chi connectivity index (χ3v) is 3.03. The monoisotopic (exact) mass is 232 g/mol. The van der Waals surface area contributed by atoms with E-state index >= 15 is 0 Å². The zero-order chi connectivity index (χ0) is 12.6. The number of nitrogens with one attached hydrogen (secondary N) is 2. The molecule has 0 saturated heterocycles. The molecule has 2 rings (SSSR count). The predicted octanol–water partition coefficient (Wildman–Crippen LogP) is 3.05. The fraction of sp³-hybridized carbons (Fsp3) is 0.273. The summed E-state index contributed by atoms with van der Waals surface area (Å²) in [5.41, 5.74) is 1.13. The van der Waals surface area contributed by atoms with Crippen LogP contribution in [0.1, 0.15) is 6.92 Å². The van der Waals surface area contributed by atoms with E-state index in [1.165, 1.54) is 12.2 Å². The van der Waals surface area contributed by atoms with E-state index in [0.29, 0.717) is 11.3 Å². The molecular formula is C11H12N4O2-4. The van der Waals surface area contributed by atoms with Crippen LogP contribution in [0.4, 0.5) is 0 Å². The smallest absolute Gasteiger partial charge is 0.0298 e. The Hall–Kier alpha value is -1.60. The van der Waals surface area contributed by atoms with Crippen molar-refractivity contribution >= 4 is 0 Å². The van der Waals surface area contributed by atoms with Crippen molar-refractivity contribution in [1.82, 2.24) is 10.3 Å². The summed E-state index contributed by atoms with van der Waals surface area (Å²) in [6, 6.07) is 0. The second-order valence-electron chi connectivity index (χ2n) is 4.08. The predicted molar refractivity (Wildman–Crippen MR) is 65.1 cm³/mol. The summed E-state index contributed by atoms with van der Waals surface area (Å²) >= 11 is 0. The van der Waals surface area contributed by atoms with E-state index < -0.39 is 0 Å². The number of rotatable bonds is 2. The average molecular weight is 232 g/mol. The maximum atomic E-state index is 11.2.